The van der Waals surface area contributed by atoms with Gasteiger partial charge in [-0.3, -0.25) is 4.79 Å². The Morgan fingerprint density at radius 1 is 1.19 bits per heavy atom. The first-order chi connectivity index (χ1) is 14.6. The van der Waals surface area contributed by atoms with Gasteiger partial charge in [0.2, 0.25) is 10.0 Å². The third kappa shape index (κ3) is 4.23. The lowest BCUT2D eigenvalue weighted by Gasteiger charge is -2.27. The van der Waals surface area contributed by atoms with Crippen molar-refractivity contribution in [2.24, 2.45) is 0 Å². The molecule has 0 radical (unpaired) electrons. The number of carbonyl (C=O) groups excluding carboxylic acids is 1. The molecular formula is C22H25FN4O3S. The van der Waals surface area contributed by atoms with Crippen LogP contribution >= 0.6 is 0 Å². The van der Waals surface area contributed by atoms with Crippen LogP contribution in [0.5, 0.6) is 0 Å². The van der Waals surface area contributed by atoms with Gasteiger partial charge in [0.25, 0.3) is 0 Å². The highest BCUT2D eigenvalue weighted by Crippen LogP contribution is 2.39. The van der Waals surface area contributed by atoms with Crippen LogP contribution in [0.3, 0.4) is 0 Å². The molecule has 0 unspecified atom stereocenters. The van der Waals surface area contributed by atoms with Crippen molar-refractivity contribution in [2.75, 3.05) is 10.6 Å². The lowest BCUT2D eigenvalue weighted by Crippen LogP contribution is -2.29. The zero-order valence-electron chi connectivity index (χ0n) is 18.1. The van der Waals surface area contributed by atoms with Gasteiger partial charge in [0.15, 0.2) is 12.1 Å². The zero-order valence-corrected chi connectivity index (χ0v) is 18.9. The molecule has 164 valence electrons. The number of aldehydes is 1. The van der Waals surface area contributed by atoms with Crippen molar-refractivity contribution in [3.8, 4) is 11.1 Å². The molecule has 0 bridgehead atoms. The molecule has 1 aromatic carbocycles. The van der Waals surface area contributed by atoms with E-state index >= 15 is 0 Å². The molecule has 7 nitrogen and oxygen atoms in total. The van der Waals surface area contributed by atoms with Gasteiger partial charge in [-0.05, 0) is 37.5 Å². The minimum atomic E-state index is -3.80. The van der Waals surface area contributed by atoms with Crippen LogP contribution in [-0.2, 0) is 16.6 Å². The Labute approximate surface area is 181 Å². The summed E-state index contributed by atoms with van der Waals surface area (Å²) in [5, 5.41) is 4.19. The Morgan fingerprint density at radius 2 is 1.84 bits per heavy atom. The number of rotatable bonds is 7. The Morgan fingerprint density at radius 3 is 2.35 bits per heavy atom. The van der Waals surface area contributed by atoms with E-state index in [1.807, 2.05) is 20.8 Å². The second kappa shape index (κ2) is 8.58. The smallest absolute Gasteiger partial charge is 0.239 e. The van der Waals surface area contributed by atoms with Crippen molar-refractivity contribution in [3.63, 3.8) is 0 Å². The second-order valence-electron chi connectivity index (χ2n) is 7.55. The molecule has 3 rings (SSSR count). The summed E-state index contributed by atoms with van der Waals surface area (Å²) in [5.74, 6) is -0.0289. The molecule has 0 saturated carbocycles. The van der Waals surface area contributed by atoms with Gasteiger partial charge in [-0.2, -0.15) is 5.10 Å². The lowest BCUT2D eigenvalue weighted by atomic mass is 9.91. The number of hydrogen-bond donors (Lipinski definition) is 0. The number of aryl methyl sites for hydroxylation is 1. The van der Waals surface area contributed by atoms with Crippen molar-refractivity contribution in [1.82, 2.24) is 14.8 Å². The first-order valence-electron chi connectivity index (χ1n) is 9.87. The van der Waals surface area contributed by atoms with Gasteiger partial charge in [-0.25, -0.2) is 26.8 Å². The predicted molar refractivity (Wildman–Crippen MR) is 119 cm³/mol. The number of carbonyl (C=O) groups is 1. The van der Waals surface area contributed by atoms with Crippen LogP contribution in [0.25, 0.3) is 11.1 Å². The van der Waals surface area contributed by atoms with Crippen LogP contribution in [0.15, 0.2) is 36.5 Å². The minimum absolute atomic E-state index is 0.156. The summed E-state index contributed by atoms with van der Waals surface area (Å²) in [6.45, 7) is 7.79. The largest absolute Gasteiger partial charge is 0.298 e. The maximum Gasteiger partial charge on any atom is 0.239 e. The summed E-state index contributed by atoms with van der Waals surface area (Å²) < 4.78 is 42.1. The van der Waals surface area contributed by atoms with Crippen LogP contribution in [0.2, 0.25) is 0 Å². The zero-order chi connectivity index (χ0) is 22.9. The quantitative estimate of drug-likeness (QED) is 0.503. The third-order valence-electron chi connectivity index (χ3n) is 5.01. The van der Waals surface area contributed by atoms with E-state index in [1.54, 1.807) is 29.8 Å². The Bertz CT molecular complexity index is 1220. The van der Waals surface area contributed by atoms with E-state index < -0.39 is 15.8 Å². The number of aromatic nitrogens is 3. The van der Waals surface area contributed by atoms with Crippen molar-refractivity contribution < 1.29 is 17.6 Å². The van der Waals surface area contributed by atoms with Crippen LogP contribution in [-0.4, -0.2) is 35.7 Å². The van der Waals surface area contributed by atoms with Crippen LogP contribution in [0.4, 0.5) is 16.0 Å². The van der Waals surface area contributed by atoms with E-state index in [0.29, 0.717) is 40.3 Å². The van der Waals surface area contributed by atoms with E-state index in [2.05, 4.69) is 10.1 Å². The molecule has 0 fully saturated rings. The van der Waals surface area contributed by atoms with E-state index in [0.717, 1.165) is 16.8 Å². The molecule has 2 aromatic heterocycles. The molecule has 9 heteroatoms. The van der Waals surface area contributed by atoms with E-state index in [1.165, 1.54) is 18.3 Å². The van der Waals surface area contributed by atoms with Crippen molar-refractivity contribution in [2.45, 2.75) is 40.2 Å². The lowest BCUT2D eigenvalue weighted by molar-refractivity contribution is 0.112. The normalized spacial score (nSPS) is 11.7. The molecule has 31 heavy (non-hydrogen) atoms. The Hall–Kier alpha value is -3.07. The van der Waals surface area contributed by atoms with E-state index in [9.17, 15) is 17.6 Å². The average molecular weight is 445 g/mol. The Balaban J connectivity index is 2.44. The molecule has 0 atom stereocenters. The molecular weight excluding hydrogens is 419 g/mol. The van der Waals surface area contributed by atoms with Crippen LogP contribution in [0.1, 0.15) is 48.3 Å². The highest BCUT2D eigenvalue weighted by molar-refractivity contribution is 7.92. The number of pyridine rings is 1. The summed E-state index contributed by atoms with van der Waals surface area (Å²) in [7, 11) is -3.80. The number of nitrogens with zero attached hydrogens (tertiary/aromatic N) is 4. The van der Waals surface area contributed by atoms with Gasteiger partial charge in [-0.1, -0.05) is 26.0 Å². The summed E-state index contributed by atoms with van der Waals surface area (Å²) in [6, 6.07) is 7.35. The number of anilines is 2. The molecule has 0 aliphatic rings. The molecule has 2 heterocycles. The number of benzene rings is 1. The van der Waals surface area contributed by atoms with Gasteiger partial charge in [0, 0.05) is 29.3 Å². The fourth-order valence-electron chi connectivity index (χ4n) is 3.62. The van der Waals surface area contributed by atoms with E-state index in [-0.39, 0.29) is 11.7 Å². The molecule has 0 aliphatic carbocycles. The molecule has 0 aliphatic heterocycles. The number of sulfonamides is 1. The summed E-state index contributed by atoms with van der Waals surface area (Å²) in [5.41, 5.74) is 2.45. The summed E-state index contributed by atoms with van der Waals surface area (Å²) in [4.78, 5) is 16.7. The molecule has 0 spiro atoms. The highest BCUT2D eigenvalue weighted by Gasteiger charge is 2.30. The summed E-state index contributed by atoms with van der Waals surface area (Å²) >= 11 is 0. The monoisotopic (exact) mass is 444 g/mol. The SMILES string of the molecule is CCn1nccc1N(c1nc(C(C)C)c(C=O)c(-c2ccc(F)cc2)c1C)S(C)(=O)=O. The molecule has 0 amide bonds. The number of halogens is 1. The fourth-order valence-corrected chi connectivity index (χ4v) is 4.61. The topological polar surface area (TPSA) is 85.2 Å². The van der Waals surface area contributed by atoms with Gasteiger partial charge in [0.1, 0.15) is 11.6 Å². The maximum atomic E-state index is 13.5. The van der Waals surface area contributed by atoms with Crippen LogP contribution in [0, 0.1) is 12.7 Å². The van der Waals surface area contributed by atoms with Gasteiger partial charge < -0.3 is 0 Å². The van der Waals surface area contributed by atoms with Gasteiger partial charge >= 0.3 is 0 Å². The van der Waals surface area contributed by atoms with Crippen molar-refractivity contribution in [1.29, 1.82) is 0 Å². The van der Waals surface area contributed by atoms with Crippen molar-refractivity contribution in [3.05, 3.63) is 59.2 Å². The van der Waals surface area contributed by atoms with Gasteiger partial charge in [0.05, 0.1) is 18.1 Å². The third-order valence-corrected chi connectivity index (χ3v) is 6.03. The van der Waals surface area contributed by atoms with Gasteiger partial charge in [-0.15, -0.1) is 0 Å². The molecule has 3 aromatic rings. The highest BCUT2D eigenvalue weighted by atomic mass is 32.2. The fraction of sp³-hybridized carbons (Fsp3) is 0.318. The standard InChI is InChI=1S/C22H25FN4O3S/c1-6-26-19(11-12-24-26)27(31(5,29)30)22-15(4)20(16-7-9-17(23)10-8-16)18(13-28)21(25-22)14(2)3/h7-14H,6H2,1-5H3. The first kappa shape index (κ1) is 22.6. The predicted octanol–water partition coefficient (Wildman–Crippen LogP) is 4.45. The number of hydrogen-bond acceptors (Lipinski definition) is 5. The van der Waals surface area contributed by atoms with Crippen LogP contribution < -0.4 is 4.31 Å². The Kier molecular flexibility index (Phi) is 6.26. The van der Waals surface area contributed by atoms with Crippen molar-refractivity contribution >= 4 is 27.9 Å². The second-order valence-corrected chi connectivity index (χ2v) is 9.38. The summed E-state index contributed by atoms with van der Waals surface area (Å²) in [6.07, 6.45) is 3.34. The van der Waals surface area contributed by atoms with E-state index in [4.69, 9.17) is 0 Å². The minimum Gasteiger partial charge on any atom is -0.298 e. The maximum absolute atomic E-state index is 13.5. The average Bonchev–Trinajstić information content (AvgIpc) is 3.16. The molecule has 0 N–H and O–H groups in total. The first-order valence-corrected chi connectivity index (χ1v) is 11.7. The molecule has 0 saturated heterocycles.